The van der Waals surface area contributed by atoms with Gasteiger partial charge in [-0.1, -0.05) is 6.07 Å². The van der Waals surface area contributed by atoms with Crippen molar-refractivity contribution in [3.63, 3.8) is 0 Å². The summed E-state index contributed by atoms with van der Waals surface area (Å²) >= 11 is 1.67. The van der Waals surface area contributed by atoms with E-state index < -0.39 is 0 Å². The van der Waals surface area contributed by atoms with Gasteiger partial charge in [-0.3, -0.25) is 9.59 Å². The molecule has 1 amide bonds. The van der Waals surface area contributed by atoms with E-state index in [1.165, 1.54) is 4.88 Å². The number of ketones is 1. The Kier molecular flexibility index (Phi) is 3.94. The van der Waals surface area contributed by atoms with Crippen LogP contribution < -0.4 is 0 Å². The molecule has 0 aromatic carbocycles. The van der Waals surface area contributed by atoms with Gasteiger partial charge in [0.05, 0.1) is 6.54 Å². The Morgan fingerprint density at radius 3 is 2.76 bits per heavy atom. The van der Waals surface area contributed by atoms with Gasteiger partial charge in [0.1, 0.15) is 5.78 Å². The summed E-state index contributed by atoms with van der Waals surface area (Å²) in [5.74, 6) is 0.540. The molecule has 0 N–H and O–H groups in total. The number of carbonyl (C=O) groups excluding carboxylic acids is 2. The number of thiophene rings is 1. The fourth-order valence-corrected chi connectivity index (χ4v) is 2.97. The van der Waals surface area contributed by atoms with E-state index in [0.29, 0.717) is 25.2 Å². The standard InChI is InChI=1S/C13H17NO2S/c1-14(9-12-3-2-8-17-12)13(16)10-4-6-11(15)7-5-10/h2-3,8,10H,4-7,9H2,1H3. The zero-order valence-corrected chi connectivity index (χ0v) is 10.8. The first kappa shape index (κ1) is 12.3. The molecule has 4 heteroatoms. The fraction of sp³-hybridized carbons (Fsp3) is 0.538. The monoisotopic (exact) mass is 251 g/mol. The van der Waals surface area contributed by atoms with E-state index in [-0.39, 0.29) is 11.8 Å². The Bertz CT molecular complexity index is 390. The molecule has 1 aromatic rings. The Morgan fingerprint density at radius 1 is 1.47 bits per heavy atom. The van der Waals surface area contributed by atoms with E-state index >= 15 is 0 Å². The van der Waals surface area contributed by atoms with Crippen LogP contribution in [0, 0.1) is 5.92 Å². The molecule has 92 valence electrons. The molecule has 1 aromatic heterocycles. The van der Waals surface area contributed by atoms with Crippen molar-refractivity contribution in [2.45, 2.75) is 32.2 Å². The number of carbonyl (C=O) groups is 2. The first-order valence-electron chi connectivity index (χ1n) is 5.96. The highest BCUT2D eigenvalue weighted by atomic mass is 32.1. The molecule has 17 heavy (non-hydrogen) atoms. The van der Waals surface area contributed by atoms with E-state index in [1.807, 2.05) is 24.6 Å². The number of hydrogen-bond acceptors (Lipinski definition) is 3. The summed E-state index contributed by atoms with van der Waals surface area (Å²) in [6.45, 7) is 0.681. The van der Waals surface area contributed by atoms with Crippen LogP contribution >= 0.6 is 11.3 Å². The largest absolute Gasteiger partial charge is 0.340 e. The topological polar surface area (TPSA) is 37.4 Å². The van der Waals surface area contributed by atoms with Crippen LogP contribution in [0.25, 0.3) is 0 Å². The van der Waals surface area contributed by atoms with Gasteiger partial charge in [-0.2, -0.15) is 0 Å². The number of amides is 1. The predicted molar refractivity (Wildman–Crippen MR) is 67.8 cm³/mol. The zero-order chi connectivity index (χ0) is 12.3. The lowest BCUT2D eigenvalue weighted by Gasteiger charge is -2.25. The molecule has 0 unspecified atom stereocenters. The normalized spacial score (nSPS) is 17.1. The van der Waals surface area contributed by atoms with Crippen molar-refractivity contribution in [2.24, 2.45) is 5.92 Å². The summed E-state index contributed by atoms with van der Waals surface area (Å²) in [5, 5.41) is 2.02. The van der Waals surface area contributed by atoms with Crippen molar-refractivity contribution in [2.75, 3.05) is 7.05 Å². The van der Waals surface area contributed by atoms with Crippen LogP contribution in [0.15, 0.2) is 17.5 Å². The van der Waals surface area contributed by atoms with Gasteiger partial charge in [-0.05, 0) is 24.3 Å². The lowest BCUT2D eigenvalue weighted by atomic mass is 9.87. The van der Waals surface area contributed by atoms with Crippen LogP contribution in [0.5, 0.6) is 0 Å². The maximum Gasteiger partial charge on any atom is 0.225 e. The van der Waals surface area contributed by atoms with E-state index in [9.17, 15) is 9.59 Å². The average Bonchev–Trinajstić information content (AvgIpc) is 2.82. The SMILES string of the molecule is CN(Cc1cccs1)C(=O)C1CCC(=O)CC1. The molecule has 2 rings (SSSR count). The number of hydrogen-bond donors (Lipinski definition) is 0. The molecular formula is C13H17NO2S. The van der Waals surface area contributed by atoms with Gasteiger partial charge in [-0.25, -0.2) is 0 Å². The highest BCUT2D eigenvalue weighted by Gasteiger charge is 2.27. The summed E-state index contributed by atoms with van der Waals surface area (Å²) in [4.78, 5) is 26.3. The van der Waals surface area contributed by atoms with Gasteiger partial charge in [0.25, 0.3) is 0 Å². The van der Waals surface area contributed by atoms with Crippen LogP contribution in [0.3, 0.4) is 0 Å². The van der Waals surface area contributed by atoms with E-state index in [1.54, 1.807) is 16.2 Å². The number of Topliss-reactive ketones (excluding diaryl/α,β-unsaturated/α-hetero) is 1. The van der Waals surface area contributed by atoms with Crippen molar-refractivity contribution in [1.82, 2.24) is 4.90 Å². The van der Waals surface area contributed by atoms with Gasteiger partial charge >= 0.3 is 0 Å². The molecular weight excluding hydrogens is 234 g/mol. The molecule has 0 spiro atoms. The summed E-state index contributed by atoms with van der Waals surface area (Å²) in [7, 11) is 1.85. The molecule has 1 saturated carbocycles. The minimum Gasteiger partial charge on any atom is -0.340 e. The van der Waals surface area contributed by atoms with Crippen molar-refractivity contribution in [3.8, 4) is 0 Å². The van der Waals surface area contributed by atoms with E-state index in [4.69, 9.17) is 0 Å². The minimum absolute atomic E-state index is 0.0534. The Balaban J connectivity index is 1.88. The first-order chi connectivity index (χ1) is 8.16. The maximum atomic E-state index is 12.2. The smallest absolute Gasteiger partial charge is 0.225 e. The van der Waals surface area contributed by atoms with Crippen LogP contribution in [-0.4, -0.2) is 23.6 Å². The molecule has 0 atom stereocenters. The van der Waals surface area contributed by atoms with E-state index in [0.717, 1.165) is 12.8 Å². The molecule has 0 saturated heterocycles. The van der Waals surface area contributed by atoms with Gasteiger partial charge in [-0.15, -0.1) is 11.3 Å². The van der Waals surface area contributed by atoms with Crippen LogP contribution in [0.4, 0.5) is 0 Å². The number of nitrogens with zero attached hydrogens (tertiary/aromatic N) is 1. The van der Waals surface area contributed by atoms with E-state index in [2.05, 4.69) is 0 Å². The van der Waals surface area contributed by atoms with Gasteiger partial charge < -0.3 is 4.90 Å². The quantitative estimate of drug-likeness (QED) is 0.827. The average molecular weight is 251 g/mol. The van der Waals surface area contributed by atoms with Crippen LogP contribution in [-0.2, 0) is 16.1 Å². The Hall–Kier alpha value is -1.16. The van der Waals surface area contributed by atoms with Gasteiger partial charge in [0.2, 0.25) is 5.91 Å². The summed E-state index contributed by atoms with van der Waals surface area (Å²) in [5.41, 5.74) is 0. The molecule has 1 aliphatic carbocycles. The number of rotatable bonds is 3. The summed E-state index contributed by atoms with van der Waals surface area (Å²) in [6.07, 6.45) is 2.60. The predicted octanol–water partition coefficient (Wildman–Crippen LogP) is 2.47. The van der Waals surface area contributed by atoms with Crippen molar-refractivity contribution >= 4 is 23.0 Å². The van der Waals surface area contributed by atoms with Crippen molar-refractivity contribution < 1.29 is 9.59 Å². The second kappa shape index (κ2) is 5.45. The zero-order valence-electron chi connectivity index (χ0n) is 10.0. The lowest BCUT2D eigenvalue weighted by Crippen LogP contribution is -2.34. The molecule has 1 aliphatic rings. The lowest BCUT2D eigenvalue weighted by molar-refractivity contribution is -0.136. The highest BCUT2D eigenvalue weighted by Crippen LogP contribution is 2.24. The third-order valence-corrected chi connectivity index (χ3v) is 4.10. The van der Waals surface area contributed by atoms with Gasteiger partial charge in [0, 0.05) is 30.7 Å². The molecule has 1 fully saturated rings. The van der Waals surface area contributed by atoms with Crippen molar-refractivity contribution in [1.29, 1.82) is 0 Å². The minimum atomic E-state index is 0.0534. The summed E-state index contributed by atoms with van der Waals surface area (Å²) < 4.78 is 0. The third kappa shape index (κ3) is 3.16. The Morgan fingerprint density at radius 2 is 2.18 bits per heavy atom. The van der Waals surface area contributed by atoms with Crippen molar-refractivity contribution in [3.05, 3.63) is 22.4 Å². The molecule has 0 radical (unpaired) electrons. The Labute approximate surface area is 105 Å². The molecule has 0 bridgehead atoms. The summed E-state index contributed by atoms with van der Waals surface area (Å²) in [6, 6.07) is 4.04. The third-order valence-electron chi connectivity index (χ3n) is 3.24. The van der Waals surface area contributed by atoms with Gasteiger partial charge in [0.15, 0.2) is 0 Å². The second-order valence-electron chi connectivity index (χ2n) is 4.59. The first-order valence-corrected chi connectivity index (χ1v) is 6.84. The molecule has 3 nitrogen and oxygen atoms in total. The van der Waals surface area contributed by atoms with Crippen LogP contribution in [0.1, 0.15) is 30.6 Å². The molecule has 1 heterocycles. The van der Waals surface area contributed by atoms with Crippen LogP contribution in [0.2, 0.25) is 0 Å². The highest BCUT2D eigenvalue weighted by molar-refractivity contribution is 7.09. The fourth-order valence-electron chi connectivity index (χ4n) is 2.21. The molecule has 0 aliphatic heterocycles. The maximum absolute atomic E-state index is 12.2. The second-order valence-corrected chi connectivity index (χ2v) is 5.62.